The largest absolute Gasteiger partial charge is 0.244 e. The molecule has 0 aliphatic heterocycles. The van der Waals surface area contributed by atoms with Gasteiger partial charge in [0.1, 0.15) is 15.9 Å². The number of benzene rings is 1. The number of rotatable bonds is 4. The first-order valence-corrected chi connectivity index (χ1v) is 8.54. The highest BCUT2D eigenvalue weighted by Gasteiger charge is 2.22. The summed E-state index contributed by atoms with van der Waals surface area (Å²) in [4.78, 5) is 3.67. The summed E-state index contributed by atoms with van der Waals surface area (Å²) < 4.78 is 40.5. The zero-order chi connectivity index (χ0) is 15.6. The quantitative estimate of drug-likeness (QED) is 0.806. The standard InChI is InChI=1S/C13H11BrClFN2O2S/c1-8(9-2-4-11(16)5-3-9)18-21(19,20)12-6-10(14)7-17-13(12)15/h2-8,18H,1H3. The van der Waals surface area contributed by atoms with Crippen LogP contribution in [0.2, 0.25) is 5.15 Å². The summed E-state index contributed by atoms with van der Waals surface area (Å²) in [5.41, 5.74) is 0.638. The second-order valence-corrected chi connectivity index (χ2v) is 7.29. The Labute approximate surface area is 135 Å². The van der Waals surface area contributed by atoms with E-state index in [2.05, 4.69) is 25.6 Å². The van der Waals surface area contributed by atoms with Gasteiger partial charge in [-0.05, 0) is 46.6 Å². The summed E-state index contributed by atoms with van der Waals surface area (Å²) in [6.07, 6.45) is 1.41. The maximum Gasteiger partial charge on any atom is 0.244 e. The first-order chi connectivity index (χ1) is 9.79. The molecule has 21 heavy (non-hydrogen) atoms. The van der Waals surface area contributed by atoms with Crippen LogP contribution in [0, 0.1) is 5.82 Å². The summed E-state index contributed by atoms with van der Waals surface area (Å²) in [5, 5.41) is -0.114. The van der Waals surface area contributed by atoms with Gasteiger partial charge in [0.2, 0.25) is 10.0 Å². The molecule has 1 aromatic carbocycles. The summed E-state index contributed by atoms with van der Waals surface area (Å²) in [7, 11) is -3.84. The third-order valence-corrected chi connectivity index (χ3v) is 5.17. The lowest BCUT2D eigenvalue weighted by Crippen LogP contribution is -2.27. The van der Waals surface area contributed by atoms with Gasteiger partial charge in [-0.2, -0.15) is 0 Å². The Morgan fingerprint density at radius 3 is 2.57 bits per heavy atom. The monoisotopic (exact) mass is 392 g/mol. The molecule has 1 N–H and O–H groups in total. The molecule has 4 nitrogen and oxygen atoms in total. The molecule has 0 saturated heterocycles. The van der Waals surface area contributed by atoms with Crippen LogP contribution in [0.3, 0.4) is 0 Å². The van der Waals surface area contributed by atoms with Crippen molar-refractivity contribution in [2.24, 2.45) is 0 Å². The van der Waals surface area contributed by atoms with E-state index in [4.69, 9.17) is 11.6 Å². The van der Waals surface area contributed by atoms with Crippen LogP contribution in [0.4, 0.5) is 4.39 Å². The van der Waals surface area contributed by atoms with Gasteiger partial charge in [0.05, 0.1) is 0 Å². The van der Waals surface area contributed by atoms with E-state index in [9.17, 15) is 12.8 Å². The fourth-order valence-electron chi connectivity index (χ4n) is 1.71. The minimum absolute atomic E-state index is 0.114. The summed E-state index contributed by atoms with van der Waals surface area (Å²) in [6.45, 7) is 1.66. The van der Waals surface area contributed by atoms with Gasteiger partial charge in [0.25, 0.3) is 0 Å². The van der Waals surface area contributed by atoms with Gasteiger partial charge in [-0.1, -0.05) is 23.7 Å². The number of hydrogen-bond donors (Lipinski definition) is 1. The Hall–Kier alpha value is -1.02. The molecule has 1 aromatic heterocycles. The Balaban J connectivity index is 2.28. The highest BCUT2D eigenvalue weighted by atomic mass is 79.9. The van der Waals surface area contributed by atoms with Crippen LogP contribution in [0.1, 0.15) is 18.5 Å². The van der Waals surface area contributed by atoms with E-state index >= 15 is 0 Å². The van der Waals surface area contributed by atoms with Crippen molar-refractivity contribution in [3.8, 4) is 0 Å². The van der Waals surface area contributed by atoms with Gasteiger partial charge in [0, 0.05) is 16.7 Å². The van der Waals surface area contributed by atoms with Crippen LogP contribution in [-0.4, -0.2) is 13.4 Å². The predicted octanol–water partition coefficient (Wildman–Crippen LogP) is 3.68. The van der Waals surface area contributed by atoms with Crippen molar-refractivity contribution in [2.45, 2.75) is 17.9 Å². The molecular weight excluding hydrogens is 383 g/mol. The smallest absolute Gasteiger partial charge is 0.242 e. The number of hydrogen-bond acceptors (Lipinski definition) is 3. The molecule has 0 aliphatic rings. The molecule has 1 heterocycles. The molecule has 2 aromatic rings. The Morgan fingerprint density at radius 2 is 1.95 bits per heavy atom. The van der Waals surface area contributed by atoms with Crippen LogP contribution in [0.25, 0.3) is 0 Å². The molecule has 1 unspecified atom stereocenters. The fourth-order valence-corrected chi connectivity index (χ4v) is 3.88. The number of nitrogens with zero attached hydrogens (tertiary/aromatic N) is 1. The number of halogens is 3. The average molecular weight is 394 g/mol. The van der Waals surface area contributed by atoms with Gasteiger partial charge in [-0.3, -0.25) is 0 Å². The highest BCUT2D eigenvalue weighted by Crippen LogP contribution is 2.24. The fraction of sp³-hybridized carbons (Fsp3) is 0.154. The predicted molar refractivity (Wildman–Crippen MR) is 82.1 cm³/mol. The van der Waals surface area contributed by atoms with E-state index in [-0.39, 0.29) is 15.9 Å². The topological polar surface area (TPSA) is 59.1 Å². The van der Waals surface area contributed by atoms with Crippen LogP contribution < -0.4 is 4.72 Å². The maximum absolute atomic E-state index is 12.9. The van der Waals surface area contributed by atoms with Gasteiger partial charge in [0.15, 0.2) is 0 Å². The van der Waals surface area contributed by atoms with E-state index in [1.54, 1.807) is 6.92 Å². The van der Waals surface area contributed by atoms with Crippen molar-refractivity contribution in [3.05, 3.63) is 57.5 Å². The van der Waals surface area contributed by atoms with E-state index in [1.165, 1.54) is 36.5 Å². The van der Waals surface area contributed by atoms with E-state index < -0.39 is 16.1 Å². The van der Waals surface area contributed by atoms with Crippen molar-refractivity contribution in [1.82, 2.24) is 9.71 Å². The minimum atomic E-state index is -3.84. The second-order valence-electron chi connectivity index (χ2n) is 4.34. The van der Waals surface area contributed by atoms with Crippen LogP contribution >= 0.6 is 27.5 Å². The van der Waals surface area contributed by atoms with Crippen LogP contribution in [-0.2, 0) is 10.0 Å². The van der Waals surface area contributed by atoms with Gasteiger partial charge < -0.3 is 0 Å². The molecule has 2 rings (SSSR count). The SMILES string of the molecule is CC(NS(=O)(=O)c1cc(Br)cnc1Cl)c1ccc(F)cc1. The van der Waals surface area contributed by atoms with Crippen molar-refractivity contribution in [3.63, 3.8) is 0 Å². The van der Waals surface area contributed by atoms with Gasteiger partial charge in [-0.15, -0.1) is 0 Å². The summed E-state index contributed by atoms with van der Waals surface area (Å²) in [5.74, 6) is -0.381. The van der Waals surface area contributed by atoms with Gasteiger partial charge in [-0.25, -0.2) is 22.5 Å². The summed E-state index contributed by atoms with van der Waals surface area (Å²) in [6, 6.07) is 6.41. The zero-order valence-electron chi connectivity index (χ0n) is 10.8. The Morgan fingerprint density at radius 1 is 1.33 bits per heavy atom. The third-order valence-electron chi connectivity index (χ3n) is 2.76. The first kappa shape index (κ1) is 16.4. The molecule has 0 bridgehead atoms. The number of aromatic nitrogens is 1. The molecule has 112 valence electrons. The lowest BCUT2D eigenvalue weighted by Gasteiger charge is -2.15. The molecule has 0 aliphatic carbocycles. The van der Waals surface area contributed by atoms with Crippen LogP contribution in [0.15, 0.2) is 45.9 Å². The molecule has 1 atom stereocenters. The Kier molecular flexibility index (Phi) is 4.98. The molecule has 0 saturated carbocycles. The van der Waals surface area contributed by atoms with Gasteiger partial charge >= 0.3 is 0 Å². The van der Waals surface area contributed by atoms with Crippen molar-refractivity contribution in [2.75, 3.05) is 0 Å². The molecule has 0 fully saturated rings. The van der Waals surface area contributed by atoms with E-state index in [0.717, 1.165) is 0 Å². The third kappa shape index (κ3) is 4.00. The van der Waals surface area contributed by atoms with Crippen LogP contribution in [0.5, 0.6) is 0 Å². The minimum Gasteiger partial charge on any atom is -0.242 e. The molecular formula is C13H11BrClFN2O2S. The lowest BCUT2D eigenvalue weighted by atomic mass is 10.1. The second kappa shape index (κ2) is 6.39. The first-order valence-electron chi connectivity index (χ1n) is 5.88. The zero-order valence-corrected chi connectivity index (χ0v) is 14.0. The number of nitrogens with one attached hydrogen (secondary N) is 1. The normalized spacial score (nSPS) is 13.1. The van der Waals surface area contributed by atoms with E-state index in [1.807, 2.05) is 0 Å². The lowest BCUT2D eigenvalue weighted by molar-refractivity contribution is 0.566. The molecule has 0 radical (unpaired) electrons. The highest BCUT2D eigenvalue weighted by molar-refractivity contribution is 9.10. The summed E-state index contributed by atoms with van der Waals surface area (Å²) >= 11 is 8.98. The van der Waals surface area contributed by atoms with Crippen molar-refractivity contribution in [1.29, 1.82) is 0 Å². The number of pyridine rings is 1. The van der Waals surface area contributed by atoms with E-state index in [0.29, 0.717) is 10.0 Å². The van der Waals surface area contributed by atoms with Crippen molar-refractivity contribution < 1.29 is 12.8 Å². The average Bonchev–Trinajstić information content (AvgIpc) is 2.41. The Bertz CT molecular complexity index is 753. The van der Waals surface area contributed by atoms with Crippen molar-refractivity contribution >= 4 is 37.6 Å². The molecule has 0 spiro atoms. The number of sulfonamides is 1. The molecule has 8 heteroatoms. The molecule has 0 amide bonds. The maximum atomic E-state index is 12.9.